The second kappa shape index (κ2) is 7.40. The van der Waals surface area contributed by atoms with Crippen LogP contribution < -0.4 is 15.0 Å². The number of pyridine rings is 1. The third-order valence-electron chi connectivity index (χ3n) is 6.05. The largest absolute Gasteiger partial charge is 0.471 e. The molecule has 2 aliphatic heterocycles. The van der Waals surface area contributed by atoms with Gasteiger partial charge in [-0.25, -0.2) is 13.9 Å². The van der Waals surface area contributed by atoms with E-state index in [1.54, 1.807) is 18.5 Å². The van der Waals surface area contributed by atoms with Crippen molar-refractivity contribution in [3.8, 4) is 5.88 Å². The number of hydrogen-bond acceptors (Lipinski definition) is 7. The van der Waals surface area contributed by atoms with E-state index in [-0.39, 0.29) is 18.7 Å². The lowest BCUT2D eigenvalue weighted by Gasteiger charge is -2.36. The monoisotopic (exact) mass is 440 g/mol. The highest BCUT2D eigenvalue weighted by Gasteiger charge is 2.37. The summed E-state index contributed by atoms with van der Waals surface area (Å²) in [6.45, 7) is 4.20. The summed E-state index contributed by atoms with van der Waals surface area (Å²) in [7, 11) is 0. The second-order valence-electron chi connectivity index (χ2n) is 9.06. The summed E-state index contributed by atoms with van der Waals surface area (Å²) in [5.74, 6) is 0.700. The first kappa shape index (κ1) is 20.6. The van der Waals surface area contributed by atoms with Gasteiger partial charge >= 0.3 is 0 Å². The third-order valence-corrected chi connectivity index (χ3v) is 6.05. The van der Waals surface area contributed by atoms with Gasteiger partial charge in [0.25, 0.3) is 5.91 Å². The van der Waals surface area contributed by atoms with E-state index in [2.05, 4.69) is 15.4 Å². The van der Waals surface area contributed by atoms with Crippen LogP contribution in [0.2, 0.25) is 0 Å². The molecule has 1 amide bonds. The van der Waals surface area contributed by atoms with Gasteiger partial charge in [0.05, 0.1) is 18.5 Å². The number of ether oxygens (including phenoxy) is 1. The minimum absolute atomic E-state index is 0.181. The lowest BCUT2D eigenvalue weighted by Crippen LogP contribution is -2.44. The number of hydrogen-bond donors (Lipinski definition) is 2. The first-order valence-electron chi connectivity index (χ1n) is 10.6. The molecular weight excluding hydrogens is 415 g/mol. The molecule has 168 valence electrons. The van der Waals surface area contributed by atoms with Crippen LogP contribution in [-0.4, -0.2) is 61.6 Å². The summed E-state index contributed by atoms with van der Waals surface area (Å²) < 4.78 is 22.1. The Balaban J connectivity index is 1.49. The van der Waals surface area contributed by atoms with Gasteiger partial charge in [0.1, 0.15) is 16.8 Å². The van der Waals surface area contributed by atoms with Crippen LogP contribution in [0.4, 0.5) is 15.9 Å². The van der Waals surface area contributed by atoms with Crippen molar-refractivity contribution in [3.63, 3.8) is 0 Å². The van der Waals surface area contributed by atoms with Crippen LogP contribution in [0.15, 0.2) is 30.7 Å². The first-order valence-corrected chi connectivity index (χ1v) is 10.6. The van der Waals surface area contributed by atoms with Crippen LogP contribution >= 0.6 is 0 Å². The Bertz CT molecular complexity index is 1190. The molecule has 1 saturated heterocycles. The normalized spacial score (nSPS) is 18.9. The molecule has 5 rings (SSSR count). The SMILES string of the molecule is CC1(C)Cc2cc(NC(=O)c3cnn4cccnc34)c(N3CCC(F)(CO)CC3)nc2O1. The van der Waals surface area contributed by atoms with E-state index >= 15 is 0 Å². The van der Waals surface area contributed by atoms with Gasteiger partial charge < -0.3 is 20.1 Å². The van der Waals surface area contributed by atoms with E-state index in [0.717, 1.165) is 5.56 Å². The van der Waals surface area contributed by atoms with Crippen molar-refractivity contribution >= 4 is 23.1 Å². The van der Waals surface area contributed by atoms with Crippen molar-refractivity contribution in [2.24, 2.45) is 0 Å². The number of alkyl halides is 1. The van der Waals surface area contributed by atoms with Gasteiger partial charge in [0, 0.05) is 50.3 Å². The number of halogens is 1. The maximum absolute atomic E-state index is 14.5. The van der Waals surface area contributed by atoms with Crippen molar-refractivity contribution in [1.29, 1.82) is 0 Å². The van der Waals surface area contributed by atoms with Gasteiger partial charge in [0.15, 0.2) is 11.5 Å². The molecule has 0 bridgehead atoms. The number of rotatable bonds is 4. The van der Waals surface area contributed by atoms with Crippen molar-refractivity contribution in [3.05, 3.63) is 41.9 Å². The Labute approximate surface area is 184 Å². The molecule has 1 fully saturated rings. The smallest absolute Gasteiger partial charge is 0.261 e. The van der Waals surface area contributed by atoms with E-state index in [4.69, 9.17) is 9.72 Å². The average Bonchev–Trinajstić information content (AvgIpc) is 3.33. The van der Waals surface area contributed by atoms with Gasteiger partial charge in [-0.1, -0.05) is 0 Å². The molecule has 0 spiro atoms. The van der Waals surface area contributed by atoms with Gasteiger partial charge in [-0.3, -0.25) is 4.79 Å². The zero-order chi connectivity index (χ0) is 22.5. The average molecular weight is 440 g/mol. The maximum Gasteiger partial charge on any atom is 0.261 e. The summed E-state index contributed by atoms with van der Waals surface area (Å²) in [4.78, 5) is 24.0. The van der Waals surface area contributed by atoms with E-state index in [9.17, 15) is 14.3 Å². The zero-order valence-corrected chi connectivity index (χ0v) is 18.0. The van der Waals surface area contributed by atoms with E-state index in [1.807, 2.05) is 24.8 Å². The fraction of sp³-hybridized carbons (Fsp3) is 0.455. The molecule has 3 aromatic rings. The van der Waals surface area contributed by atoms with Crippen molar-refractivity contribution in [1.82, 2.24) is 19.6 Å². The third kappa shape index (κ3) is 3.64. The molecule has 0 aromatic carbocycles. The fourth-order valence-corrected chi connectivity index (χ4v) is 4.29. The molecular formula is C22H25FN6O3. The fourth-order valence-electron chi connectivity index (χ4n) is 4.29. The summed E-state index contributed by atoms with van der Waals surface area (Å²) in [5.41, 5.74) is 0.246. The number of anilines is 2. The Morgan fingerprint density at radius 2 is 2.12 bits per heavy atom. The van der Waals surface area contributed by atoms with Crippen LogP contribution in [0.5, 0.6) is 5.88 Å². The van der Waals surface area contributed by atoms with Crippen molar-refractivity contribution < 1.29 is 19.0 Å². The topological polar surface area (TPSA) is 105 Å². The number of amides is 1. The predicted molar refractivity (Wildman–Crippen MR) is 116 cm³/mol. The summed E-state index contributed by atoms with van der Waals surface area (Å²) in [5, 5.41) is 16.5. The quantitative estimate of drug-likeness (QED) is 0.642. The van der Waals surface area contributed by atoms with Gasteiger partial charge in [-0.15, -0.1) is 0 Å². The second-order valence-corrected chi connectivity index (χ2v) is 9.06. The molecule has 32 heavy (non-hydrogen) atoms. The number of nitrogens with zero attached hydrogens (tertiary/aromatic N) is 5. The minimum atomic E-state index is -1.59. The van der Waals surface area contributed by atoms with Crippen LogP contribution in [0.3, 0.4) is 0 Å². The number of nitrogens with one attached hydrogen (secondary N) is 1. The number of aliphatic hydroxyl groups excluding tert-OH is 1. The summed E-state index contributed by atoms with van der Waals surface area (Å²) in [6.07, 6.45) is 5.82. The zero-order valence-electron chi connectivity index (χ0n) is 18.0. The number of carbonyl (C=O) groups is 1. The molecule has 2 N–H and O–H groups in total. The van der Waals surface area contributed by atoms with Gasteiger partial charge in [0.2, 0.25) is 5.88 Å². The highest BCUT2D eigenvalue weighted by Crippen LogP contribution is 2.40. The predicted octanol–water partition coefficient (Wildman–Crippen LogP) is 2.39. The van der Waals surface area contributed by atoms with Crippen LogP contribution in [0.1, 0.15) is 42.6 Å². The lowest BCUT2D eigenvalue weighted by molar-refractivity contribution is 0.0480. The Morgan fingerprint density at radius 3 is 2.88 bits per heavy atom. The van der Waals surface area contributed by atoms with Crippen LogP contribution in [-0.2, 0) is 6.42 Å². The standard InChI is InChI=1S/C22H25FN6O3/c1-21(2)11-14-10-16(26-19(31)15-12-25-29-7-3-6-24-17(15)29)18(27-20(14)32-21)28-8-4-22(23,13-30)5-9-28/h3,6-7,10,12,30H,4-5,8-9,11,13H2,1-2H3,(H,26,31). The molecule has 2 aliphatic rings. The Hall–Kier alpha value is -3.27. The maximum atomic E-state index is 14.5. The molecule has 9 nitrogen and oxygen atoms in total. The minimum Gasteiger partial charge on any atom is -0.471 e. The van der Waals surface area contributed by atoms with Crippen LogP contribution in [0.25, 0.3) is 5.65 Å². The lowest BCUT2D eigenvalue weighted by atomic mass is 9.94. The first-order chi connectivity index (χ1) is 15.3. The van der Waals surface area contributed by atoms with Crippen molar-refractivity contribution in [2.45, 2.75) is 44.4 Å². The highest BCUT2D eigenvalue weighted by molar-refractivity contribution is 6.09. The van der Waals surface area contributed by atoms with E-state index in [0.29, 0.717) is 48.1 Å². The Morgan fingerprint density at radius 1 is 1.34 bits per heavy atom. The molecule has 0 radical (unpaired) electrons. The molecule has 0 aliphatic carbocycles. The molecule has 0 atom stereocenters. The number of carbonyl (C=O) groups excluding carboxylic acids is 1. The molecule has 5 heterocycles. The van der Waals surface area contributed by atoms with E-state index in [1.165, 1.54) is 10.7 Å². The molecule has 0 saturated carbocycles. The molecule has 0 unspecified atom stereocenters. The summed E-state index contributed by atoms with van der Waals surface area (Å²) in [6, 6.07) is 3.62. The number of aliphatic hydroxyl groups is 1. The van der Waals surface area contributed by atoms with Gasteiger partial charge in [-0.2, -0.15) is 10.1 Å². The van der Waals surface area contributed by atoms with Crippen LogP contribution in [0, 0.1) is 0 Å². The number of piperidine rings is 1. The molecule has 3 aromatic heterocycles. The van der Waals surface area contributed by atoms with E-state index < -0.39 is 17.9 Å². The number of fused-ring (bicyclic) bond motifs is 2. The highest BCUT2D eigenvalue weighted by atomic mass is 19.1. The van der Waals surface area contributed by atoms with Gasteiger partial charge in [-0.05, 0) is 26.0 Å². The molecule has 10 heteroatoms. The number of aromatic nitrogens is 4. The summed E-state index contributed by atoms with van der Waals surface area (Å²) >= 11 is 0. The Kier molecular flexibility index (Phi) is 4.77. The van der Waals surface area contributed by atoms with Crippen molar-refractivity contribution in [2.75, 3.05) is 29.9 Å².